The third kappa shape index (κ3) is 25.5. The van der Waals surface area contributed by atoms with Gasteiger partial charge in [-0.3, -0.25) is 0 Å². The molecule has 2 unspecified atom stereocenters. The summed E-state index contributed by atoms with van der Waals surface area (Å²) < 4.78 is 11.3. The smallest absolute Gasteiger partial charge is 0.513 e. The first-order valence-corrected chi connectivity index (χ1v) is 38.6. The quantitative estimate of drug-likeness (QED) is 0.0619. The third-order valence-electron chi connectivity index (χ3n) is 19.1. The van der Waals surface area contributed by atoms with Crippen molar-refractivity contribution in [2.45, 2.75) is 144 Å². The SMILES string of the molecule is CC(C)(C)c1c[c-]c(-c2nccc3ccccc23)cc1.CC(C)(C)c1c[c-]c(-c2nccc3ccccc23)cc1.CCC(C)c1c[c-]c(-c2ccccn2)cc1.CCC(C)c1c[c-]c(-c2nccc3ccccc23)cc1.CCCCOc1cc[c-]c(-c2ccccn2)c1.CCCCOc1cc[c-]c(-c2ccccn2)c1.[Ir+3].[Ir+3]. The fourth-order valence-corrected chi connectivity index (χ4v) is 11.9. The molecule has 0 radical (unpaired) electrons. The number of rotatable bonds is 18. The largest absolute Gasteiger partial charge is 3.00 e. The van der Waals surface area contributed by atoms with Gasteiger partial charge in [0.05, 0.1) is 13.2 Å². The molecular formula is C102H102Ir2N6O2. The van der Waals surface area contributed by atoms with Crippen molar-refractivity contribution in [1.82, 2.24) is 29.9 Å². The standard InChI is InChI=1S/3C19H18N.2C15H16NO.C15H16N.2Ir/c2*1-19(2,3)16-10-8-15(9-11-16)18-17-7-5-4-6-14(17)12-13-20-18;1-3-14(2)15-8-10-17(11-9-15)19-18-7-5-4-6-16(18)12-13-20-19;2*1-2-3-11-17-14-8-6-7-13(12-14)15-9-4-5-10-16-15;1-3-12(2)13-7-9-14(10-8-13)15-6-4-5-11-16-15;;/h2*4-8,10-13H,1-3H3;4-10,12-14H,3H2,1-2H3;2*4-6,8-10,12H,2-3,11H2,1H3;4-9,11-12H,3H2,1-2H3;;/q6*-1;2*+3. The molecule has 0 saturated carbocycles. The van der Waals surface area contributed by atoms with Crippen molar-refractivity contribution in [1.29, 1.82) is 0 Å². The van der Waals surface area contributed by atoms with Gasteiger partial charge in [0.1, 0.15) is 0 Å². The molecule has 15 rings (SSSR count). The Kier molecular flexibility index (Phi) is 34.7. The molecule has 6 aromatic heterocycles. The molecule has 0 amide bonds. The minimum Gasteiger partial charge on any atom is -0.513 e. The Balaban J connectivity index is 0.000000168. The van der Waals surface area contributed by atoms with Gasteiger partial charge in [0.15, 0.2) is 0 Å². The van der Waals surface area contributed by atoms with Gasteiger partial charge in [-0.05, 0) is 127 Å². The van der Waals surface area contributed by atoms with Crippen LogP contribution in [0.1, 0.15) is 156 Å². The molecule has 0 fully saturated rings. The predicted molar refractivity (Wildman–Crippen MR) is 459 cm³/mol. The van der Waals surface area contributed by atoms with E-state index in [1.54, 1.807) is 12.4 Å². The van der Waals surface area contributed by atoms with E-state index in [0.717, 1.165) is 131 Å². The van der Waals surface area contributed by atoms with E-state index in [2.05, 4.69) is 295 Å². The molecule has 0 aliphatic rings. The topological polar surface area (TPSA) is 95.8 Å². The van der Waals surface area contributed by atoms with E-state index < -0.39 is 0 Å². The van der Waals surface area contributed by atoms with Crippen LogP contribution in [0.3, 0.4) is 0 Å². The first-order valence-electron chi connectivity index (χ1n) is 38.6. The second-order valence-electron chi connectivity index (χ2n) is 29.2. The number of hydrogen-bond donors (Lipinski definition) is 0. The Bertz CT molecular complexity index is 4990. The third-order valence-corrected chi connectivity index (χ3v) is 19.1. The molecule has 6 heterocycles. The van der Waals surface area contributed by atoms with Gasteiger partial charge in [0.2, 0.25) is 0 Å². The number of pyridine rings is 6. The monoisotopic (exact) mass is 1830 g/mol. The molecule has 570 valence electrons. The average molecular weight is 1830 g/mol. The normalized spacial score (nSPS) is 11.3. The molecule has 0 N–H and O–H groups in total. The number of fused-ring (bicyclic) bond motifs is 3. The van der Waals surface area contributed by atoms with Crippen molar-refractivity contribution in [3.63, 3.8) is 0 Å². The van der Waals surface area contributed by atoms with Crippen LogP contribution in [0.5, 0.6) is 11.5 Å². The zero-order valence-corrected chi connectivity index (χ0v) is 71.5. The summed E-state index contributed by atoms with van der Waals surface area (Å²) in [4.78, 5) is 26.5. The van der Waals surface area contributed by atoms with E-state index in [0.29, 0.717) is 11.8 Å². The second kappa shape index (κ2) is 44.6. The van der Waals surface area contributed by atoms with Gasteiger partial charge in [-0.2, -0.15) is 0 Å². The minimum absolute atomic E-state index is 0. The summed E-state index contributed by atoms with van der Waals surface area (Å²) in [7, 11) is 0. The number of benzene rings is 9. The van der Waals surface area contributed by atoms with Crippen LogP contribution < -0.4 is 9.47 Å². The summed E-state index contributed by atoms with van der Waals surface area (Å²) >= 11 is 0. The van der Waals surface area contributed by atoms with E-state index in [1.807, 2.05) is 134 Å². The zero-order valence-electron chi connectivity index (χ0n) is 66.7. The van der Waals surface area contributed by atoms with E-state index in [-0.39, 0.29) is 51.0 Å². The van der Waals surface area contributed by atoms with Crippen LogP contribution in [-0.4, -0.2) is 43.1 Å². The Labute approximate surface area is 693 Å². The molecule has 0 bridgehead atoms. The fourth-order valence-electron chi connectivity index (χ4n) is 11.9. The van der Waals surface area contributed by atoms with Crippen LogP contribution in [0.4, 0.5) is 0 Å². The van der Waals surface area contributed by atoms with Crippen LogP contribution >= 0.6 is 0 Å². The summed E-state index contributed by atoms with van der Waals surface area (Å²) in [5.41, 5.74) is 17.6. The summed E-state index contributed by atoms with van der Waals surface area (Å²) in [6, 6.07) is 106. The van der Waals surface area contributed by atoms with Crippen LogP contribution in [0.15, 0.2) is 292 Å². The maximum Gasteiger partial charge on any atom is 3.00 e. The Morgan fingerprint density at radius 1 is 0.321 bits per heavy atom. The van der Waals surface area contributed by atoms with Crippen molar-refractivity contribution >= 4 is 32.3 Å². The van der Waals surface area contributed by atoms with Gasteiger partial charge in [-0.25, -0.2) is 0 Å². The van der Waals surface area contributed by atoms with E-state index in [9.17, 15) is 0 Å². The molecule has 10 heteroatoms. The van der Waals surface area contributed by atoms with E-state index >= 15 is 0 Å². The van der Waals surface area contributed by atoms with Crippen molar-refractivity contribution in [2.75, 3.05) is 13.2 Å². The summed E-state index contributed by atoms with van der Waals surface area (Å²) in [6.07, 6.45) is 17.7. The molecular weight excluding hydrogens is 1730 g/mol. The zero-order chi connectivity index (χ0) is 77.5. The molecule has 0 spiro atoms. The Hall–Kier alpha value is -10.4. The average Bonchev–Trinajstić information content (AvgIpc) is 0.843. The van der Waals surface area contributed by atoms with Crippen molar-refractivity contribution in [3.8, 4) is 79.0 Å². The van der Waals surface area contributed by atoms with E-state index in [4.69, 9.17) is 9.47 Å². The molecule has 8 nitrogen and oxygen atoms in total. The number of hydrogen-bond acceptors (Lipinski definition) is 8. The summed E-state index contributed by atoms with van der Waals surface area (Å²) in [5, 5.41) is 7.18. The first-order chi connectivity index (χ1) is 53.5. The molecule has 2 atom stereocenters. The van der Waals surface area contributed by atoms with Gasteiger partial charge >= 0.3 is 40.2 Å². The number of ether oxygens (including phenoxy) is 2. The van der Waals surface area contributed by atoms with Gasteiger partial charge in [0, 0.05) is 48.7 Å². The van der Waals surface area contributed by atoms with Gasteiger partial charge < -0.3 is 39.4 Å². The summed E-state index contributed by atoms with van der Waals surface area (Å²) in [5.74, 6) is 2.96. The number of unbranched alkanes of at least 4 members (excludes halogenated alkanes) is 2. The van der Waals surface area contributed by atoms with Crippen molar-refractivity contribution in [3.05, 3.63) is 351 Å². The van der Waals surface area contributed by atoms with Crippen LogP contribution in [-0.2, 0) is 51.0 Å². The van der Waals surface area contributed by atoms with Crippen LogP contribution in [0, 0.1) is 36.4 Å². The predicted octanol–water partition coefficient (Wildman–Crippen LogP) is 26.7. The van der Waals surface area contributed by atoms with Crippen LogP contribution in [0.2, 0.25) is 0 Å². The minimum atomic E-state index is 0. The molecule has 0 saturated heterocycles. The second-order valence-corrected chi connectivity index (χ2v) is 29.2. The van der Waals surface area contributed by atoms with Gasteiger partial charge in [0.25, 0.3) is 0 Å². The first kappa shape index (κ1) is 87.1. The van der Waals surface area contributed by atoms with E-state index in [1.165, 1.54) is 54.6 Å². The fraction of sp³-hybridized carbons (Fsp3) is 0.235. The molecule has 112 heavy (non-hydrogen) atoms. The number of aromatic nitrogens is 6. The van der Waals surface area contributed by atoms with Gasteiger partial charge in [-0.1, -0.05) is 230 Å². The maximum absolute atomic E-state index is 5.66. The molecule has 0 aliphatic carbocycles. The summed E-state index contributed by atoms with van der Waals surface area (Å²) in [6.45, 7) is 28.0. The van der Waals surface area contributed by atoms with Crippen LogP contribution in [0.25, 0.3) is 99.9 Å². The molecule has 0 aliphatic heterocycles. The molecule has 15 aromatic rings. The molecule has 9 aromatic carbocycles. The number of nitrogens with zero attached hydrogens (tertiary/aromatic N) is 6. The van der Waals surface area contributed by atoms with Crippen molar-refractivity contribution < 1.29 is 49.7 Å². The Morgan fingerprint density at radius 2 is 0.652 bits per heavy atom. The van der Waals surface area contributed by atoms with Gasteiger partial charge in [-0.15, -0.1) is 201 Å². The van der Waals surface area contributed by atoms with Crippen molar-refractivity contribution in [2.24, 2.45) is 0 Å². The Morgan fingerprint density at radius 3 is 0.955 bits per heavy atom. The maximum atomic E-state index is 5.66.